The maximum absolute atomic E-state index is 12.9. The number of benzene rings is 1. The fraction of sp³-hybridized carbons (Fsp3) is 0.381. The molecule has 3 heterocycles. The number of rotatable bonds is 3. The highest BCUT2D eigenvalue weighted by atomic mass is 16.5. The molecule has 1 saturated heterocycles. The van der Waals surface area contributed by atoms with Crippen LogP contribution in [0.1, 0.15) is 12.5 Å². The number of hydrogen-bond acceptors (Lipinski definition) is 6. The van der Waals surface area contributed by atoms with Gasteiger partial charge in [0.2, 0.25) is 5.95 Å². The van der Waals surface area contributed by atoms with Gasteiger partial charge < -0.3 is 30.2 Å². The van der Waals surface area contributed by atoms with E-state index in [-0.39, 0.29) is 18.0 Å². The molecule has 158 valence electrons. The molecule has 0 aliphatic carbocycles. The van der Waals surface area contributed by atoms with Crippen LogP contribution in [0.4, 0.5) is 22.2 Å². The van der Waals surface area contributed by atoms with E-state index in [0.717, 1.165) is 33.9 Å². The Morgan fingerprint density at radius 1 is 1.27 bits per heavy atom. The predicted octanol–water partition coefficient (Wildman–Crippen LogP) is 2.61. The standard InChI is InChI=1S/C21H27N7O2/c1-13-11-15(30-4)5-6-16(13)24-21(29)27-9-10-28(14(2)12-27)19-18-17(7-8-26(18)3)23-20(22)25-19/h5-8,11,14H,9-10,12H2,1-4H3,(H,24,29)(H2,22,23,25)/t14-/m0/s1. The number of nitrogens with zero attached hydrogens (tertiary/aromatic N) is 5. The molecule has 1 aromatic carbocycles. The molecular weight excluding hydrogens is 382 g/mol. The zero-order chi connectivity index (χ0) is 21.4. The van der Waals surface area contributed by atoms with Crippen LogP contribution in [0, 0.1) is 6.92 Å². The van der Waals surface area contributed by atoms with Gasteiger partial charge in [0.05, 0.1) is 12.6 Å². The van der Waals surface area contributed by atoms with Crippen molar-refractivity contribution in [1.82, 2.24) is 19.4 Å². The maximum atomic E-state index is 12.9. The molecule has 0 spiro atoms. The fourth-order valence-electron chi connectivity index (χ4n) is 3.94. The molecule has 3 aromatic rings. The molecule has 0 radical (unpaired) electrons. The van der Waals surface area contributed by atoms with Gasteiger partial charge in [0, 0.05) is 44.6 Å². The van der Waals surface area contributed by atoms with Crippen molar-refractivity contribution in [2.24, 2.45) is 7.05 Å². The SMILES string of the molecule is COc1ccc(NC(=O)N2CCN(c3nc(N)nc4ccn(C)c34)[C@@H](C)C2)c(C)c1. The first kappa shape index (κ1) is 19.8. The van der Waals surface area contributed by atoms with Crippen LogP contribution < -0.4 is 20.7 Å². The van der Waals surface area contributed by atoms with Crippen LogP contribution in [0.5, 0.6) is 5.75 Å². The lowest BCUT2D eigenvalue weighted by molar-refractivity contribution is 0.200. The van der Waals surface area contributed by atoms with E-state index in [1.807, 2.05) is 53.9 Å². The number of piperazine rings is 1. The van der Waals surface area contributed by atoms with Crippen molar-refractivity contribution in [3.8, 4) is 5.75 Å². The third-order valence-corrected chi connectivity index (χ3v) is 5.58. The van der Waals surface area contributed by atoms with Crippen LogP contribution in [0.25, 0.3) is 11.0 Å². The summed E-state index contributed by atoms with van der Waals surface area (Å²) in [6.07, 6.45) is 1.95. The number of aryl methyl sites for hydroxylation is 2. The van der Waals surface area contributed by atoms with Gasteiger partial charge >= 0.3 is 6.03 Å². The van der Waals surface area contributed by atoms with E-state index >= 15 is 0 Å². The van der Waals surface area contributed by atoms with E-state index in [1.54, 1.807) is 7.11 Å². The average molecular weight is 409 g/mol. The Morgan fingerprint density at radius 2 is 2.07 bits per heavy atom. The molecule has 9 heteroatoms. The quantitative estimate of drug-likeness (QED) is 0.690. The van der Waals surface area contributed by atoms with Crippen molar-refractivity contribution in [2.75, 3.05) is 42.7 Å². The largest absolute Gasteiger partial charge is 0.497 e. The number of carbonyl (C=O) groups is 1. The molecular formula is C21H27N7O2. The van der Waals surface area contributed by atoms with Crippen molar-refractivity contribution in [2.45, 2.75) is 19.9 Å². The summed E-state index contributed by atoms with van der Waals surface area (Å²) in [5, 5.41) is 3.01. The van der Waals surface area contributed by atoms with E-state index in [9.17, 15) is 4.79 Å². The second-order valence-corrected chi connectivity index (χ2v) is 7.67. The molecule has 3 N–H and O–H groups in total. The van der Waals surface area contributed by atoms with Crippen molar-refractivity contribution < 1.29 is 9.53 Å². The highest BCUT2D eigenvalue weighted by Gasteiger charge is 2.29. The van der Waals surface area contributed by atoms with Crippen LogP contribution in [0.15, 0.2) is 30.5 Å². The number of anilines is 3. The lowest BCUT2D eigenvalue weighted by Gasteiger charge is -2.40. The highest BCUT2D eigenvalue weighted by Crippen LogP contribution is 2.28. The Kier molecular flexibility index (Phi) is 5.11. The van der Waals surface area contributed by atoms with Gasteiger partial charge in [-0.1, -0.05) is 0 Å². The number of fused-ring (bicyclic) bond motifs is 1. The number of nitrogens with one attached hydrogen (secondary N) is 1. The number of hydrogen-bond donors (Lipinski definition) is 2. The number of urea groups is 1. The summed E-state index contributed by atoms with van der Waals surface area (Å²) in [7, 11) is 3.60. The number of carbonyl (C=O) groups excluding carboxylic acids is 1. The highest BCUT2D eigenvalue weighted by molar-refractivity contribution is 5.91. The Balaban J connectivity index is 1.50. The Morgan fingerprint density at radius 3 is 2.77 bits per heavy atom. The first-order chi connectivity index (χ1) is 14.4. The van der Waals surface area contributed by atoms with Crippen LogP contribution in [0.3, 0.4) is 0 Å². The normalized spacial score (nSPS) is 16.7. The molecule has 1 fully saturated rings. The van der Waals surface area contributed by atoms with Gasteiger partial charge in [0.15, 0.2) is 5.82 Å². The van der Waals surface area contributed by atoms with E-state index in [0.29, 0.717) is 19.6 Å². The summed E-state index contributed by atoms with van der Waals surface area (Å²) in [6, 6.07) is 7.51. The van der Waals surface area contributed by atoms with Gasteiger partial charge in [-0.25, -0.2) is 9.78 Å². The second-order valence-electron chi connectivity index (χ2n) is 7.67. The Labute approximate surface area is 175 Å². The third-order valence-electron chi connectivity index (χ3n) is 5.58. The summed E-state index contributed by atoms with van der Waals surface area (Å²) in [5.74, 6) is 1.83. The number of nitrogen functional groups attached to an aromatic ring is 1. The zero-order valence-corrected chi connectivity index (χ0v) is 17.7. The van der Waals surface area contributed by atoms with Crippen molar-refractivity contribution in [3.05, 3.63) is 36.0 Å². The zero-order valence-electron chi connectivity index (χ0n) is 17.7. The summed E-state index contributed by atoms with van der Waals surface area (Å²) in [6.45, 7) is 5.86. The minimum Gasteiger partial charge on any atom is -0.497 e. The predicted molar refractivity (Wildman–Crippen MR) is 118 cm³/mol. The van der Waals surface area contributed by atoms with Crippen molar-refractivity contribution >= 4 is 34.5 Å². The van der Waals surface area contributed by atoms with Gasteiger partial charge in [-0.05, 0) is 43.7 Å². The van der Waals surface area contributed by atoms with Gasteiger partial charge in [0.1, 0.15) is 11.3 Å². The van der Waals surface area contributed by atoms with Crippen LogP contribution >= 0.6 is 0 Å². The molecule has 4 rings (SSSR count). The monoisotopic (exact) mass is 409 g/mol. The molecule has 1 aliphatic heterocycles. The lowest BCUT2D eigenvalue weighted by atomic mass is 10.1. The summed E-state index contributed by atoms with van der Waals surface area (Å²) >= 11 is 0. The molecule has 9 nitrogen and oxygen atoms in total. The fourth-order valence-corrected chi connectivity index (χ4v) is 3.94. The number of nitrogens with two attached hydrogens (primary N) is 1. The minimum atomic E-state index is -0.110. The Bertz CT molecular complexity index is 1090. The second kappa shape index (κ2) is 7.74. The molecule has 1 aliphatic rings. The van der Waals surface area contributed by atoms with E-state index in [1.165, 1.54) is 0 Å². The molecule has 2 amide bonds. The summed E-state index contributed by atoms with van der Waals surface area (Å²) in [4.78, 5) is 25.7. The summed E-state index contributed by atoms with van der Waals surface area (Å²) < 4.78 is 7.23. The smallest absolute Gasteiger partial charge is 0.321 e. The van der Waals surface area contributed by atoms with E-state index in [2.05, 4.69) is 27.1 Å². The van der Waals surface area contributed by atoms with Crippen LogP contribution in [-0.2, 0) is 7.05 Å². The summed E-state index contributed by atoms with van der Waals surface area (Å²) in [5.41, 5.74) is 9.45. The Hall–Kier alpha value is -3.49. The minimum absolute atomic E-state index is 0.0777. The molecule has 0 saturated carbocycles. The van der Waals surface area contributed by atoms with Crippen molar-refractivity contribution in [3.63, 3.8) is 0 Å². The van der Waals surface area contributed by atoms with Crippen LogP contribution in [-0.4, -0.2) is 58.3 Å². The lowest BCUT2D eigenvalue weighted by Crippen LogP contribution is -2.55. The van der Waals surface area contributed by atoms with E-state index in [4.69, 9.17) is 10.5 Å². The molecule has 30 heavy (non-hydrogen) atoms. The van der Waals surface area contributed by atoms with E-state index < -0.39 is 0 Å². The van der Waals surface area contributed by atoms with Gasteiger partial charge in [-0.2, -0.15) is 4.98 Å². The maximum Gasteiger partial charge on any atom is 0.321 e. The van der Waals surface area contributed by atoms with Gasteiger partial charge in [0.25, 0.3) is 0 Å². The molecule has 0 unspecified atom stereocenters. The third kappa shape index (κ3) is 3.58. The first-order valence-corrected chi connectivity index (χ1v) is 9.93. The van der Waals surface area contributed by atoms with Gasteiger partial charge in [-0.15, -0.1) is 0 Å². The molecule has 1 atom stereocenters. The molecule has 2 aromatic heterocycles. The number of ether oxygens (including phenoxy) is 1. The van der Waals surface area contributed by atoms with Gasteiger partial charge in [-0.3, -0.25) is 0 Å². The van der Waals surface area contributed by atoms with Crippen molar-refractivity contribution in [1.29, 1.82) is 0 Å². The number of methoxy groups -OCH3 is 1. The van der Waals surface area contributed by atoms with Crippen LogP contribution in [0.2, 0.25) is 0 Å². The topological polar surface area (TPSA) is 102 Å². The number of amides is 2. The number of aromatic nitrogens is 3. The first-order valence-electron chi connectivity index (χ1n) is 9.93. The molecule has 0 bridgehead atoms. The average Bonchev–Trinajstić information content (AvgIpc) is 3.09.